The number of aromatic nitrogens is 2. The van der Waals surface area contributed by atoms with Gasteiger partial charge in [-0.15, -0.1) is 11.3 Å². The van der Waals surface area contributed by atoms with Gasteiger partial charge >= 0.3 is 0 Å². The molecule has 1 aliphatic carbocycles. The summed E-state index contributed by atoms with van der Waals surface area (Å²) in [4.78, 5) is 4.75. The fraction of sp³-hybridized carbons (Fsp3) is 0.615. The molecular weight excluding hydrogens is 308 g/mol. The molecular formula is C13H20N4O2S2. The van der Waals surface area contributed by atoms with Gasteiger partial charge in [-0.05, 0) is 12.8 Å². The van der Waals surface area contributed by atoms with E-state index in [9.17, 15) is 8.42 Å². The van der Waals surface area contributed by atoms with E-state index in [1.807, 2.05) is 5.38 Å². The van der Waals surface area contributed by atoms with Gasteiger partial charge in [0.1, 0.15) is 0 Å². The third-order valence-electron chi connectivity index (χ3n) is 4.21. The molecule has 0 bridgehead atoms. The summed E-state index contributed by atoms with van der Waals surface area (Å²) in [5.74, 6) is 0.0855. The molecule has 2 heterocycles. The molecule has 0 spiro atoms. The third kappa shape index (κ3) is 2.56. The van der Waals surface area contributed by atoms with Gasteiger partial charge in [0.15, 0.2) is 15.8 Å². The van der Waals surface area contributed by atoms with Gasteiger partial charge in [-0.3, -0.25) is 4.40 Å². The van der Waals surface area contributed by atoms with Crippen molar-refractivity contribution >= 4 is 32.1 Å². The summed E-state index contributed by atoms with van der Waals surface area (Å²) in [7, 11) is -1.96. The van der Waals surface area contributed by atoms with E-state index in [0.29, 0.717) is 4.96 Å². The number of rotatable bonds is 3. The van der Waals surface area contributed by atoms with Crippen LogP contribution in [0.5, 0.6) is 0 Å². The smallest absolute Gasteiger partial charge is 0.262 e. The van der Waals surface area contributed by atoms with Crippen molar-refractivity contribution in [2.45, 2.75) is 49.6 Å². The van der Waals surface area contributed by atoms with Crippen molar-refractivity contribution in [2.24, 2.45) is 0 Å². The van der Waals surface area contributed by atoms with Crippen LogP contribution in [-0.4, -0.2) is 35.2 Å². The molecule has 21 heavy (non-hydrogen) atoms. The first kappa shape index (κ1) is 14.8. The number of nitrogen functional groups attached to an aromatic ring is 1. The Bertz CT molecular complexity index is 727. The first-order chi connectivity index (χ1) is 10.0. The molecule has 2 N–H and O–H groups in total. The molecule has 0 atom stereocenters. The molecule has 0 amide bonds. The third-order valence-corrected chi connectivity index (χ3v) is 6.91. The molecule has 1 saturated carbocycles. The predicted octanol–water partition coefficient (Wildman–Crippen LogP) is 2.32. The predicted molar refractivity (Wildman–Crippen MR) is 83.9 cm³/mol. The zero-order valence-electron chi connectivity index (χ0n) is 12.0. The largest absolute Gasteiger partial charge is 0.381 e. The Morgan fingerprint density at radius 3 is 2.67 bits per heavy atom. The molecule has 1 fully saturated rings. The van der Waals surface area contributed by atoms with Crippen molar-refractivity contribution in [3.63, 3.8) is 0 Å². The summed E-state index contributed by atoms with van der Waals surface area (Å²) in [5.41, 5.74) is 5.85. The van der Waals surface area contributed by atoms with Crippen molar-refractivity contribution in [2.75, 3.05) is 12.8 Å². The number of nitrogens with two attached hydrogens (primary N) is 1. The maximum absolute atomic E-state index is 12.9. The Balaban J connectivity index is 1.99. The van der Waals surface area contributed by atoms with Crippen LogP contribution in [0, 0.1) is 0 Å². The van der Waals surface area contributed by atoms with Gasteiger partial charge < -0.3 is 5.73 Å². The Labute approximate surface area is 128 Å². The van der Waals surface area contributed by atoms with Crippen LogP contribution in [0.1, 0.15) is 38.5 Å². The summed E-state index contributed by atoms with van der Waals surface area (Å²) in [6.45, 7) is 0. The number of sulfonamides is 1. The average Bonchev–Trinajstić information content (AvgIpc) is 2.86. The second-order valence-electron chi connectivity index (χ2n) is 5.52. The van der Waals surface area contributed by atoms with Gasteiger partial charge in [0.2, 0.25) is 0 Å². The van der Waals surface area contributed by atoms with E-state index in [4.69, 9.17) is 5.73 Å². The minimum absolute atomic E-state index is 0.0566. The van der Waals surface area contributed by atoms with Crippen molar-refractivity contribution in [1.29, 1.82) is 0 Å². The molecule has 1 aliphatic rings. The molecule has 0 aromatic carbocycles. The Morgan fingerprint density at radius 1 is 1.33 bits per heavy atom. The quantitative estimate of drug-likeness (QED) is 0.877. The lowest BCUT2D eigenvalue weighted by Gasteiger charge is -2.26. The van der Waals surface area contributed by atoms with E-state index in [-0.39, 0.29) is 16.9 Å². The highest BCUT2D eigenvalue weighted by molar-refractivity contribution is 7.89. The molecule has 0 aliphatic heterocycles. The molecule has 0 saturated heterocycles. The van der Waals surface area contributed by atoms with Crippen LogP contribution in [0.15, 0.2) is 16.6 Å². The van der Waals surface area contributed by atoms with Crippen LogP contribution in [0.25, 0.3) is 4.96 Å². The second-order valence-corrected chi connectivity index (χ2v) is 8.31. The number of thiazole rings is 1. The number of nitrogens with zero attached hydrogens (tertiary/aromatic N) is 3. The highest BCUT2D eigenvalue weighted by atomic mass is 32.2. The second kappa shape index (κ2) is 5.58. The number of imidazole rings is 1. The summed E-state index contributed by atoms with van der Waals surface area (Å²) in [6.07, 6.45) is 8.09. The van der Waals surface area contributed by atoms with E-state index in [2.05, 4.69) is 4.98 Å². The Kier molecular flexibility index (Phi) is 3.94. The Hall–Kier alpha value is -1.12. The lowest BCUT2D eigenvalue weighted by molar-refractivity contribution is 0.334. The average molecular weight is 328 g/mol. The van der Waals surface area contributed by atoms with E-state index in [1.54, 1.807) is 17.6 Å². The summed E-state index contributed by atoms with van der Waals surface area (Å²) < 4.78 is 28.9. The zero-order chi connectivity index (χ0) is 15.0. The van der Waals surface area contributed by atoms with Crippen molar-refractivity contribution in [3.8, 4) is 0 Å². The normalized spacial score (nSPS) is 18.4. The van der Waals surface area contributed by atoms with Gasteiger partial charge in [-0.25, -0.2) is 13.4 Å². The van der Waals surface area contributed by atoms with Gasteiger partial charge in [0.25, 0.3) is 10.0 Å². The monoisotopic (exact) mass is 328 g/mol. The fourth-order valence-corrected chi connectivity index (χ4v) is 5.35. The van der Waals surface area contributed by atoms with E-state index >= 15 is 0 Å². The first-order valence-electron chi connectivity index (χ1n) is 7.21. The fourth-order valence-electron chi connectivity index (χ4n) is 2.99. The van der Waals surface area contributed by atoms with Gasteiger partial charge in [0, 0.05) is 24.7 Å². The van der Waals surface area contributed by atoms with Crippen LogP contribution < -0.4 is 5.73 Å². The summed E-state index contributed by atoms with van der Waals surface area (Å²) in [6, 6.07) is 0.0566. The van der Waals surface area contributed by atoms with Crippen LogP contribution in [0.2, 0.25) is 0 Å². The highest BCUT2D eigenvalue weighted by Crippen LogP contribution is 2.29. The van der Waals surface area contributed by atoms with Gasteiger partial charge in [0.05, 0.1) is 0 Å². The lowest BCUT2D eigenvalue weighted by Crippen LogP contribution is -2.37. The van der Waals surface area contributed by atoms with Gasteiger partial charge in [-0.1, -0.05) is 25.7 Å². The van der Waals surface area contributed by atoms with E-state index in [0.717, 1.165) is 25.7 Å². The molecule has 3 rings (SSSR count). The molecule has 2 aromatic heterocycles. The van der Waals surface area contributed by atoms with Gasteiger partial charge in [-0.2, -0.15) is 4.31 Å². The zero-order valence-corrected chi connectivity index (χ0v) is 13.7. The molecule has 2 aromatic rings. The summed E-state index contributed by atoms with van der Waals surface area (Å²) in [5, 5.41) is 1.91. The lowest BCUT2D eigenvalue weighted by atomic mass is 10.1. The maximum atomic E-state index is 12.9. The highest BCUT2D eigenvalue weighted by Gasteiger charge is 2.33. The molecule has 6 nitrogen and oxygen atoms in total. The minimum Gasteiger partial charge on any atom is -0.381 e. The summed E-state index contributed by atoms with van der Waals surface area (Å²) >= 11 is 1.38. The molecule has 116 valence electrons. The van der Waals surface area contributed by atoms with E-state index in [1.165, 1.54) is 28.5 Å². The molecule has 8 heteroatoms. The SMILES string of the molecule is CN(C1CCCCCC1)S(=O)(=O)c1c(N)nc2sccn12. The molecule has 0 unspecified atom stereocenters. The minimum atomic E-state index is -3.62. The number of hydrogen-bond donors (Lipinski definition) is 1. The maximum Gasteiger partial charge on any atom is 0.262 e. The van der Waals surface area contributed by atoms with Crippen LogP contribution in [-0.2, 0) is 10.0 Å². The van der Waals surface area contributed by atoms with Crippen molar-refractivity contribution < 1.29 is 8.42 Å². The Morgan fingerprint density at radius 2 is 2.00 bits per heavy atom. The number of anilines is 1. The van der Waals surface area contributed by atoms with Crippen LogP contribution in [0.3, 0.4) is 0 Å². The topological polar surface area (TPSA) is 80.7 Å². The van der Waals surface area contributed by atoms with Crippen LogP contribution >= 0.6 is 11.3 Å². The number of fused-ring (bicyclic) bond motifs is 1. The first-order valence-corrected chi connectivity index (χ1v) is 9.53. The van der Waals surface area contributed by atoms with Crippen molar-refractivity contribution in [1.82, 2.24) is 13.7 Å². The number of hydrogen-bond acceptors (Lipinski definition) is 5. The van der Waals surface area contributed by atoms with E-state index < -0.39 is 10.0 Å². The van der Waals surface area contributed by atoms with Crippen molar-refractivity contribution in [3.05, 3.63) is 11.6 Å². The molecule has 0 radical (unpaired) electrons. The standard InChI is InChI=1S/C13H20N4O2S2/c1-16(10-6-4-2-3-5-7-10)21(18,19)12-11(14)15-13-17(12)8-9-20-13/h8-10H,2-7,14H2,1H3. The van der Waals surface area contributed by atoms with Crippen LogP contribution in [0.4, 0.5) is 5.82 Å².